The molecule has 0 saturated heterocycles. The summed E-state index contributed by atoms with van der Waals surface area (Å²) < 4.78 is 423. The van der Waals surface area contributed by atoms with E-state index in [4.69, 9.17) is 0 Å². The van der Waals surface area contributed by atoms with Crippen molar-refractivity contribution in [2.75, 3.05) is 0 Å². The number of halogens is 31. The molecule has 0 bridgehead atoms. The molecule has 0 saturated carbocycles. The van der Waals surface area contributed by atoms with Crippen LogP contribution in [-0.2, 0) is 61.8 Å². The number of benzene rings is 4. The van der Waals surface area contributed by atoms with Gasteiger partial charge < -0.3 is 8.83 Å². The fourth-order valence-corrected chi connectivity index (χ4v) is 9.14. The lowest BCUT2D eigenvalue weighted by molar-refractivity contribution is -0.637. The van der Waals surface area contributed by atoms with Crippen LogP contribution in [0, 0.1) is 7.53 Å². The van der Waals surface area contributed by atoms with Gasteiger partial charge in [0.1, 0.15) is 6.15 Å². The van der Waals surface area contributed by atoms with E-state index in [1.165, 1.54) is 0 Å². The van der Waals surface area contributed by atoms with Crippen LogP contribution >= 0.6 is 0 Å². The lowest BCUT2D eigenvalue weighted by atomic mass is 9.12. The van der Waals surface area contributed by atoms with Gasteiger partial charge in [0.2, 0.25) is 11.5 Å². The third kappa shape index (κ3) is 14.0. The Morgan fingerprint density at radius 1 is 0.237 bits per heavy atom. The molecule has 6 aromatic rings. The summed E-state index contributed by atoms with van der Waals surface area (Å²) in [5.41, 5.74) is -30.2. The van der Waals surface area contributed by atoms with E-state index >= 15 is 0 Å². The minimum atomic E-state index is -6.13. The first-order chi connectivity index (χ1) is 33.9. The summed E-state index contributed by atoms with van der Waals surface area (Å²) >= 11 is -1.36. The zero-order valence-corrected chi connectivity index (χ0v) is 37.5. The molecule has 416 valence electrons. The molecule has 0 aliphatic carbocycles. The van der Waals surface area contributed by atoms with Crippen LogP contribution in [0.15, 0.2) is 106 Å². The first kappa shape index (κ1) is 61.0. The van der Waals surface area contributed by atoms with E-state index < -0.39 is 240 Å². The highest BCUT2D eigenvalue weighted by molar-refractivity contribution is 7.20. The zero-order chi connectivity index (χ0) is 58.2. The van der Waals surface area contributed by atoms with Gasteiger partial charge in [0, 0.05) is 12.1 Å². The minimum absolute atomic E-state index is 0.0193. The summed E-state index contributed by atoms with van der Waals surface area (Å²) in [6.07, 6.45) is -64.0. The van der Waals surface area contributed by atoms with Gasteiger partial charge in [0.15, 0.2) is 0 Å². The van der Waals surface area contributed by atoms with Crippen molar-refractivity contribution in [1.29, 1.82) is 0 Å². The van der Waals surface area contributed by atoms with E-state index in [1.807, 2.05) is 0 Å². The van der Waals surface area contributed by atoms with Gasteiger partial charge in [-0.05, 0) is 36.4 Å². The van der Waals surface area contributed by atoms with E-state index in [2.05, 4.69) is 8.83 Å². The number of alkyl halides is 30. The van der Waals surface area contributed by atoms with Gasteiger partial charge in [0.05, 0.1) is 44.5 Å². The Bertz CT molecular complexity index is 2550. The number of hydrogen-bond donors (Lipinski definition) is 0. The maximum absolute atomic E-state index is 14.2. The van der Waals surface area contributed by atoms with Crippen LogP contribution in [0.1, 0.15) is 56.0 Å². The second-order valence-corrected chi connectivity index (χ2v) is 18.2. The molecule has 0 aliphatic rings. The lowest BCUT2D eigenvalue weighted by Crippen LogP contribution is -3.61. The van der Waals surface area contributed by atoms with E-state index in [-0.39, 0.29) is 7.53 Å². The van der Waals surface area contributed by atoms with Crippen molar-refractivity contribution in [3.05, 3.63) is 161 Å². The Morgan fingerprint density at radius 2 is 0.408 bits per heavy atom. The zero-order valence-electron chi connectivity index (χ0n) is 35.3. The molecule has 0 unspecified atom stereocenters. The van der Waals surface area contributed by atoms with E-state index in [1.54, 1.807) is 0 Å². The van der Waals surface area contributed by atoms with Crippen LogP contribution < -0.4 is 43.1 Å². The fraction of sp³-hybridized carbons (Fsp3) is 0.238. The topological polar surface area (TPSA) is 26.3 Å². The van der Waals surface area contributed by atoms with Crippen molar-refractivity contribution in [1.82, 2.24) is 0 Å². The second kappa shape index (κ2) is 19.9. The summed E-state index contributed by atoms with van der Waals surface area (Å²) in [5, 5.41) is 0. The maximum Gasteiger partial charge on any atom is 0.449 e. The van der Waals surface area contributed by atoms with Crippen molar-refractivity contribution in [3.8, 4) is 0 Å². The summed E-state index contributed by atoms with van der Waals surface area (Å²) in [6.45, 7) is 0. The molecule has 2 aromatic heterocycles. The maximum atomic E-state index is 14.2. The van der Waals surface area contributed by atoms with Crippen LogP contribution in [0.3, 0.4) is 0 Å². The van der Waals surface area contributed by atoms with Crippen molar-refractivity contribution in [3.63, 3.8) is 0 Å². The fourth-order valence-electron chi connectivity index (χ4n) is 7.20. The van der Waals surface area contributed by atoms with Gasteiger partial charge in [-0.2, -0.15) is 154 Å². The highest BCUT2D eigenvalue weighted by atomic mass is 127. The summed E-state index contributed by atoms with van der Waals surface area (Å²) in [7, 11) is 0. The van der Waals surface area contributed by atoms with Gasteiger partial charge >= 0.3 is 90.5 Å². The Balaban J connectivity index is 0.000000468. The third-order valence-corrected chi connectivity index (χ3v) is 12.6. The molecular formula is C42H16BF30IO2. The molecule has 0 aliphatic heterocycles. The van der Waals surface area contributed by atoms with Crippen LogP contribution in [-0.4, -0.2) is 6.15 Å². The van der Waals surface area contributed by atoms with Gasteiger partial charge in [-0.15, -0.1) is 0 Å². The number of furan rings is 2. The molecule has 34 heteroatoms. The second-order valence-electron chi connectivity index (χ2n) is 15.5. The van der Waals surface area contributed by atoms with Crippen molar-refractivity contribution < 1.29 is 162 Å². The highest BCUT2D eigenvalue weighted by Crippen LogP contribution is 2.42. The lowest BCUT2D eigenvalue weighted by Gasteiger charge is -2.46. The standard InChI is InChI=1S/C32H12BF24.C10H4F6IO2/c34-25(35,36)13-1-14(26(37,38)39)6-21(5-13)33(22-7-15(27(40,41)42)2-16(8-22)28(43,44)45,23-9-17(29(46,47)48)3-18(10-23)30(49,50)51)24-11-19(31(52,53)54)4-20(12-24)32(55,56)57;11-9(12,13)5-1-3-7(18-5)17-8-4-2-6(19-8)10(14,15)16/h1-12H;1-4H/q-1;+1. The van der Waals surface area contributed by atoms with Gasteiger partial charge in [-0.1, -0.05) is 48.5 Å². The monoisotopic (exact) mass is 1260 g/mol. The normalized spacial score (nSPS) is 14.0. The molecule has 2 heterocycles. The van der Waals surface area contributed by atoms with Crippen LogP contribution in [0.4, 0.5) is 132 Å². The predicted molar refractivity (Wildman–Crippen MR) is 195 cm³/mol. The molecule has 0 fully saturated rings. The van der Waals surface area contributed by atoms with Crippen LogP contribution in [0.5, 0.6) is 0 Å². The molecule has 0 spiro atoms. The Kier molecular flexibility index (Phi) is 15.9. The largest absolute Gasteiger partial charge is 0.449 e. The molecule has 0 atom stereocenters. The molecule has 6 rings (SSSR count). The Labute approximate surface area is 411 Å². The van der Waals surface area contributed by atoms with E-state index in [0.717, 1.165) is 24.3 Å². The van der Waals surface area contributed by atoms with E-state index in [0.29, 0.717) is 0 Å². The molecule has 0 amide bonds. The van der Waals surface area contributed by atoms with Crippen molar-refractivity contribution in [2.24, 2.45) is 0 Å². The molecule has 0 radical (unpaired) electrons. The van der Waals surface area contributed by atoms with E-state index in [9.17, 15) is 132 Å². The quantitative estimate of drug-likeness (QED) is 0.0944. The average Bonchev–Trinajstić information content (AvgIpc) is 3.92. The smallest absolute Gasteiger partial charge is 0.413 e. The minimum Gasteiger partial charge on any atom is -0.413 e. The van der Waals surface area contributed by atoms with Crippen LogP contribution in [0.25, 0.3) is 0 Å². The Morgan fingerprint density at radius 3 is 0.539 bits per heavy atom. The predicted octanol–water partition coefficient (Wildman–Crippen LogP) is 12.3. The summed E-state index contributed by atoms with van der Waals surface area (Å²) in [5.74, 6) is -2.35. The van der Waals surface area contributed by atoms with Gasteiger partial charge in [-0.3, -0.25) is 0 Å². The SMILES string of the molecule is FC(F)(F)c1cc([B-](c2cc(C(F)(F)F)cc(C(F)(F)F)c2)(c2cc(C(F)(F)F)cc(C(F)(F)F)c2)c2cc(C(F)(F)F)cc(C(F)(F)F)c2)cc(C(F)(F)F)c1.FC(F)(F)c1ccc([I+]c2ccc(C(F)(F)F)o2)o1. The Hall–Kier alpha value is -5.87. The molecule has 0 N–H and O–H groups in total. The van der Waals surface area contributed by atoms with Gasteiger partial charge in [0.25, 0.3) is 0 Å². The average molecular weight is 1260 g/mol. The summed E-state index contributed by atoms with van der Waals surface area (Å²) in [6, 6.07) is -5.15. The summed E-state index contributed by atoms with van der Waals surface area (Å²) in [4.78, 5) is 0. The molecular weight excluding hydrogens is 1240 g/mol. The van der Waals surface area contributed by atoms with Crippen molar-refractivity contribution >= 4 is 28.0 Å². The molecule has 4 aromatic carbocycles. The van der Waals surface area contributed by atoms with Crippen molar-refractivity contribution in [2.45, 2.75) is 61.8 Å². The highest BCUT2D eigenvalue weighted by Gasteiger charge is 2.48. The van der Waals surface area contributed by atoms with Crippen LogP contribution in [0.2, 0.25) is 0 Å². The first-order valence-electron chi connectivity index (χ1n) is 19.3. The number of hydrogen-bond acceptors (Lipinski definition) is 2. The number of rotatable bonds is 6. The molecule has 2 nitrogen and oxygen atoms in total. The first-order valence-corrected chi connectivity index (χ1v) is 21.4. The molecule has 76 heavy (non-hydrogen) atoms. The van der Waals surface area contributed by atoms with Gasteiger partial charge in [-0.25, -0.2) is 0 Å². The third-order valence-electron chi connectivity index (χ3n) is 10.3.